The standard InChI is InChI=1S/C24H26N2O5S/c1-14-7-6-8-15(2)22(14)26-23(28)16(3)31-21(27)12-18-13-32-24(25-18)17-9-10-19(29-4)20(11-17)30-5/h6-11,13,16H,12H2,1-5H3,(H,26,28). The molecule has 1 atom stereocenters. The summed E-state index contributed by atoms with van der Waals surface area (Å²) < 4.78 is 15.9. The molecule has 3 rings (SSSR count). The van der Waals surface area contributed by atoms with Gasteiger partial charge in [0.25, 0.3) is 5.91 Å². The average molecular weight is 455 g/mol. The van der Waals surface area contributed by atoms with Gasteiger partial charge in [-0.2, -0.15) is 0 Å². The maximum absolute atomic E-state index is 12.5. The SMILES string of the molecule is COc1ccc(-c2nc(CC(=O)OC(C)C(=O)Nc3c(C)cccc3C)cs2)cc1OC. The van der Waals surface area contributed by atoms with Gasteiger partial charge in [-0.1, -0.05) is 18.2 Å². The number of rotatable bonds is 8. The number of nitrogens with zero attached hydrogens (tertiary/aromatic N) is 1. The maximum Gasteiger partial charge on any atom is 0.312 e. The van der Waals surface area contributed by atoms with E-state index in [9.17, 15) is 9.59 Å². The average Bonchev–Trinajstić information content (AvgIpc) is 3.23. The summed E-state index contributed by atoms with van der Waals surface area (Å²) in [5, 5.41) is 5.39. The number of aromatic nitrogens is 1. The van der Waals surface area contributed by atoms with E-state index in [0.29, 0.717) is 17.2 Å². The quantitative estimate of drug-likeness (QED) is 0.502. The summed E-state index contributed by atoms with van der Waals surface area (Å²) in [6.45, 7) is 5.38. The largest absolute Gasteiger partial charge is 0.493 e. The fraction of sp³-hybridized carbons (Fsp3) is 0.292. The molecule has 1 unspecified atom stereocenters. The number of hydrogen-bond acceptors (Lipinski definition) is 7. The normalized spacial score (nSPS) is 11.5. The molecule has 2 aromatic carbocycles. The number of aryl methyl sites for hydroxylation is 2. The van der Waals surface area contributed by atoms with E-state index < -0.39 is 12.1 Å². The summed E-state index contributed by atoms with van der Waals surface area (Å²) in [4.78, 5) is 29.4. The van der Waals surface area contributed by atoms with Crippen molar-refractivity contribution < 1.29 is 23.8 Å². The van der Waals surface area contributed by atoms with Crippen molar-refractivity contribution in [1.29, 1.82) is 0 Å². The second-order valence-corrected chi connectivity index (χ2v) is 8.14. The Morgan fingerprint density at radius 1 is 1.06 bits per heavy atom. The molecule has 1 amide bonds. The third-order valence-corrected chi connectivity index (χ3v) is 5.85. The molecule has 3 aromatic rings. The number of nitrogens with one attached hydrogen (secondary N) is 1. The van der Waals surface area contributed by atoms with Gasteiger partial charge in [0.15, 0.2) is 17.6 Å². The monoisotopic (exact) mass is 454 g/mol. The predicted octanol–water partition coefficient (Wildman–Crippen LogP) is 4.56. The number of anilines is 1. The molecule has 1 aromatic heterocycles. The number of carbonyl (C=O) groups excluding carboxylic acids is 2. The van der Waals surface area contributed by atoms with Crippen LogP contribution in [0.1, 0.15) is 23.7 Å². The first-order chi connectivity index (χ1) is 15.3. The van der Waals surface area contributed by atoms with Gasteiger partial charge >= 0.3 is 5.97 Å². The number of ether oxygens (including phenoxy) is 3. The van der Waals surface area contributed by atoms with Crippen LogP contribution in [0.3, 0.4) is 0 Å². The summed E-state index contributed by atoms with van der Waals surface area (Å²) in [5.74, 6) is 0.341. The van der Waals surface area contributed by atoms with Crippen LogP contribution in [0.15, 0.2) is 41.8 Å². The first-order valence-electron chi connectivity index (χ1n) is 10.1. The highest BCUT2D eigenvalue weighted by Gasteiger charge is 2.20. The Bertz CT molecular complexity index is 1110. The summed E-state index contributed by atoms with van der Waals surface area (Å²) in [7, 11) is 3.15. The summed E-state index contributed by atoms with van der Waals surface area (Å²) >= 11 is 1.41. The van der Waals surface area contributed by atoms with Gasteiger partial charge in [-0.05, 0) is 50.1 Å². The van der Waals surface area contributed by atoms with Crippen LogP contribution >= 0.6 is 11.3 Å². The molecule has 168 valence electrons. The Labute approximate surface area is 191 Å². The van der Waals surface area contributed by atoms with Gasteiger partial charge in [-0.25, -0.2) is 4.98 Å². The lowest BCUT2D eigenvalue weighted by molar-refractivity contribution is -0.152. The lowest BCUT2D eigenvalue weighted by atomic mass is 10.1. The van der Waals surface area contributed by atoms with Gasteiger partial charge in [0.05, 0.1) is 26.3 Å². The van der Waals surface area contributed by atoms with E-state index in [1.165, 1.54) is 11.3 Å². The lowest BCUT2D eigenvalue weighted by Crippen LogP contribution is -2.31. The molecule has 1 heterocycles. The number of methoxy groups -OCH3 is 2. The second kappa shape index (κ2) is 10.3. The number of thiazole rings is 1. The Balaban J connectivity index is 1.61. The van der Waals surface area contributed by atoms with Crippen molar-refractivity contribution in [3.63, 3.8) is 0 Å². The smallest absolute Gasteiger partial charge is 0.312 e. The van der Waals surface area contributed by atoms with Crippen LogP contribution in [0.2, 0.25) is 0 Å². The van der Waals surface area contributed by atoms with Crippen LogP contribution in [0.25, 0.3) is 10.6 Å². The van der Waals surface area contributed by atoms with E-state index in [1.807, 2.05) is 44.2 Å². The fourth-order valence-corrected chi connectivity index (χ4v) is 3.98. The Kier molecular flexibility index (Phi) is 7.48. The van der Waals surface area contributed by atoms with Crippen LogP contribution < -0.4 is 14.8 Å². The zero-order valence-corrected chi connectivity index (χ0v) is 19.5. The molecule has 0 spiro atoms. The number of para-hydroxylation sites is 1. The molecular formula is C24H26N2O5S. The molecule has 0 radical (unpaired) electrons. The van der Waals surface area contributed by atoms with Crippen molar-refractivity contribution in [2.45, 2.75) is 33.3 Å². The van der Waals surface area contributed by atoms with Crippen molar-refractivity contribution in [3.8, 4) is 22.1 Å². The molecule has 0 fully saturated rings. The van der Waals surface area contributed by atoms with Crippen molar-refractivity contribution in [3.05, 3.63) is 58.6 Å². The van der Waals surface area contributed by atoms with Gasteiger partial charge in [0.1, 0.15) is 5.01 Å². The third-order valence-electron chi connectivity index (χ3n) is 4.91. The minimum absolute atomic E-state index is 0.0230. The molecule has 0 aliphatic carbocycles. The molecule has 8 heteroatoms. The van der Waals surface area contributed by atoms with Crippen molar-refractivity contribution in [2.75, 3.05) is 19.5 Å². The molecule has 0 aliphatic rings. The Morgan fingerprint density at radius 2 is 1.75 bits per heavy atom. The summed E-state index contributed by atoms with van der Waals surface area (Å²) in [6, 6.07) is 11.3. The zero-order valence-electron chi connectivity index (χ0n) is 18.7. The van der Waals surface area contributed by atoms with Gasteiger partial charge < -0.3 is 19.5 Å². The van der Waals surface area contributed by atoms with Crippen molar-refractivity contribution in [1.82, 2.24) is 4.98 Å². The van der Waals surface area contributed by atoms with Gasteiger partial charge in [0, 0.05) is 16.6 Å². The Morgan fingerprint density at radius 3 is 2.41 bits per heavy atom. The topological polar surface area (TPSA) is 86.8 Å². The molecule has 1 N–H and O–H groups in total. The molecular weight excluding hydrogens is 428 g/mol. The molecule has 0 saturated carbocycles. The highest BCUT2D eigenvalue weighted by Crippen LogP contribution is 2.33. The first-order valence-corrected chi connectivity index (χ1v) is 10.9. The lowest BCUT2D eigenvalue weighted by Gasteiger charge is -2.16. The number of benzene rings is 2. The van der Waals surface area contributed by atoms with Crippen molar-refractivity contribution >= 4 is 28.9 Å². The van der Waals surface area contributed by atoms with Gasteiger partial charge in [-0.3, -0.25) is 9.59 Å². The van der Waals surface area contributed by atoms with E-state index in [4.69, 9.17) is 14.2 Å². The van der Waals surface area contributed by atoms with Crippen molar-refractivity contribution in [2.24, 2.45) is 0 Å². The highest BCUT2D eigenvalue weighted by atomic mass is 32.1. The number of carbonyl (C=O) groups is 2. The Hall–Kier alpha value is -3.39. The third kappa shape index (κ3) is 5.45. The zero-order chi connectivity index (χ0) is 23.3. The number of esters is 1. The number of hydrogen-bond donors (Lipinski definition) is 1. The van der Waals surface area contributed by atoms with E-state index in [1.54, 1.807) is 32.6 Å². The van der Waals surface area contributed by atoms with Gasteiger partial charge in [-0.15, -0.1) is 11.3 Å². The molecule has 0 saturated heterocycles. The molecule has 0 bridgehead atoms. The summed E-state index contributed by atoms with van der Waals surface area (Å²) in [6.07, 6.45) is -0.949. The number of amides is 1. The minimum atomic E-state index is -0.925. The molecule has 7 nitrogen and oxygen atoms in total. The highest BCUT2D eigenvalue weighted by molar-refractivity contribution is 7.13. The van der Waals surface area contributed by atoms with Crippen LogP contribution in [-0.4, -0.2) is 37.2 Å². The van der Waals surface area contributed by atoms with Crippen LogP contribution in [-0.2, 0) is 20.7 Å². The second-order valence-electron chi connectivity index (χ2n) is 7.28. The summed E-state index contributed by atoms with van der Waals surface area (Å²) in [5.41, 5.74) is 4.06. The maximum atomic E-state index is 12.5. The molecule has 32 heavy (non-hydrogen) atoms. The predicted molar refractivity (Wildman–Crippen MR) is 124 cm³/mol. The fourth-order valence-electron chi connectivity index (χ4n) is 3.17. The van der Waals surface area contributed by atoms with Crippen LogP contribution in [0.5, 0.6) is 11.5 Å². The van der Waals surface area contributed by atoms with E-state index in [0.717, 1.165) is 27.4 Å². The van der Waals surface area contributed by atoms with Crippen LogP contribution in [0.4, 0.5) is 5.69 Å². The first kappa shape index (κ1) is 23.3. The van der Waals surface area contributed by atoms with E-state index in [2.05, 4.69) is 10.3 Å². The van der Waals surface area contributed by atoms with E-state index >= 15 is 0 Å². The van der Waals surface area contributed by atoms with Gasteiger partial charge in [0.2, 0.25) is 0 Å². The van der Waals surface area contributed by atoms with Crippen LogP contribution in [0, 0.1) is 13.8 Å². The minimum Gasteiger partial charge on any atom is -0.493 e. The van der Waals surface area contributed by atoms with E-state index in [-0.39, 0.29) is 12.3 Å². The molecule has 0 aliphatic heterocycles.